The fraction of sp³-hybridized carbons (Fsp3) is 0.308. The maximum absolute atomic E-state index is 12.0. The summed E-state index contributed by atoms with van der Waals surface area (Å²) in [6.45, 7) is 1.84. The third-order valence-electron chi connectivity index (χ3n) is 3.55. The molecule has 0 saturated carbocycles. The summed E-state index contributed by atoms with van der Waals surface area (Å²) in [5.74, 6) is 0.703. The zero-order chi connectivity index (χ0) is 14.3. The zero-order valence-electron chi connectivity index (χ0n) is 11.3. The van der Waals surface area contributed by atoms with Crippen molar-refractivity contribution >= 4 is 19.1 Å². The van der Waals surface area contributed by atoms with Gasteiger partial charge in [-0.1, -0.05) is 0 Å². The number of nitriles is 1. The van der Waals surface area contributed by atoms with Crippen molar-refractivity contribution in [3.05, 3.63) is 28.7 Å². The predicted molar refractivity (Wildman–Crippen MR) is 74.1 cm³/mol. The maximum atomic E-state index is 12.0. The fourth-order valence-corrected chi connectivity index (χ4v) is 2.58. The molecule has 6 nitrogen and oxygen atoms in total. The largest absolute Gasteiger partial charge is 0.294 e. The number of hydrogen-bond acceptors (Lipinski definition) is 5. The van der Waals surface area contributed by atoms with E-state index in [1.54, 1.807) is 10.7 Å². The Labute approximate surface area is 116 Å². The van der Waals surface area contributed by atoms with E-state index in [0.717, 1.165) is 35.3 Å². The van der Waals surface area contributed by atoms with Crippen LogP contribution in [0.4, 0.5) is 0 Å². The number of aryl methyl sites for hydroxylation is 1. The van der Waals surface area contributed by atoms with Crippen LogP contribution in [0, 0.1) is 18.3 Å². The number of aromatic nitrogens is 4. The van der Waals surface area contributed by atoms with E-state index >= 15 is 0 Å². The minimum Gasteiger partial charge on any atom is -0.294 e. The first-order chi connectivity index (χ1) is 9.61. The molecule has 7 heteroatoms. The molecule has 0 amide bonds. The van der Waals surface area contributed by atoms with E-state index in [-0.39, 0.29) is 5.78 Å². The Morgan fingerprint density at radius 1 is 1.40 bits per heavy atom. The van der Waals surface area contributed by atoms with Crippen molar-refractivity contribution in [3.63, 3.8) is 0 Å². The number of carbonyl (C=O) groups excluding carboxylic acids is 1. The van der Waals surface area contributed by atoms with Crippen molar-refractivity contribution in [2.24, 2.45) is 0 Å². The van der Waals surface area contributed by atoms with Crippen molar-refractivity contribution in [2.45, 2.75) is 26.2 Å². The molecule has 0 atom stereocenters. The van der Waals surface area contributed by atoms with Gasteiger partial charge in [0.2, 0.25) is 0 Å². The van der Waals surface area contributed by atoms with Crippen LogP contribution < -0.4 is 5.46 Å². The van der Waals surface area contributed by atoms with Crippen molar-refractivity contribution in [3.8, 4) is 11.9 Å². The first-order valence-electron chi connectivity index (χ1n) is 6.48. The standard InChI is InChI=1S/C13H12BN5O/c1-7-13-10(3-2-4-11(13)20)19(18-7)12-5-8(14)9(6-15)16-17-12/h5H,2-4,14H2,1H3. The van der Waals surface area contributed by atoms with Crippen LogP contribution in [0.25, 0.3) is 5.82 Å². The predicted octanol–water partition coefficient (Wildman–Crippen LogP) is -0.380. The number of rotatable bonds is 1. The third-order valence-corrected chi connectivity index (χ3v) is 3.55. The first-order valence-corrected chi connectivity index (χ1v) is 6.48. The third kappa shape index (κ3) is 1.81. The number of fused-ring (bicyclic) bond motifs is 1. The SMILES string of the molecule is Bc1cc(-n2nc(C)c3c2CCCC3=O)nnc1C#N. The van der Waals surface area contributed by atoms with Gasteiger partial charge in [0.25, 0.3) is 0 Å². The molecule has 0 fully saturated rings. The average Bonchev–Trinajstić information content (AvgIpc) is 2.77. The van der Waals surface area contributed by atoms with Crippen molar-refractivity contribution in [2.75, 3.05) is 0 Å². The quantitative estimate of drug-likeness (QED) is 0.656. The molecular formula is C13H12BN5O. The van der Waals surface area contributed by atoms with Gasteiger partial charge in [-0.15, -0.1) is 10.2 Å². The average molecular weight is 265 g/mol. The summed E-state index contributed by atoms with van der Waals surface area (Å²) in [4.78, 5) is 12.0. The number of hydrogen-bond donors (Lipinski definition) is 0. The molecule has 0 spiro atoms. The minimum absolute atomic E-state index is 0.147. The molecule has 1 aliphatic rings. The Balaban J connectivity index is 2.17. The molecule has 2 aromatic heterocycles. The molecule has 0 bridgehead atoms. The van der Waals surface area contributed by atoms with Crippen molar-refractivity contribution < 1.29 is 4.79 Å². The van der Waals surface area contributed by atoms with E-state index in [2.05, 4.69) is 15.3 Å². The van der Waals surface area contributed by atoms with Gasteiger partial charge in [-0.25, -0.2) is 4.68 Å². The lowest BCUT2D eigenvalue weighted by Crippen LogP contribution is -2.18. The molecular weight excluding hydrogens is 253 g/mol. The van der Waals surface area contributed by atoms with Crippen LogP contribution in [0.15, 0.2) is 6.07 Å². The van der Waals surface area contributed by atoms with Crippen LogP contribution in [-0.2, 0) is 6.42 Å². The van der Waals surface area contributed by atoms with Gasteiger partial charge < -0.3 is 0 Å². The van der Waals surface area contributed by atoms with Gasteiger partial charge in [0.15, 0.2) is 17.3 Å². The summed E-state index contributed by atoms with van der Waals surface area (Å²) >= 11 is 0. The van der Waals surface area contributed by atoms with E-state index in [1.165, 1.54) is 0 Å². The van der Waals surface area contributed by atoms with Crippen molar-refractivity contribution in [1.82, 2.24) is 20.0 Å². The second-order valence-electron chi connectivity index (χ2n) is 4.94. The Morgan fingerprint density at radius 2 is 2.20 bits per heavy atom. The molecule has 1 aliphatic carbocycles. The molecule has 0 radical (unpaired) electrons. The molecule has 98 valence electrons. The molecule has 0 aromatic carbocycles. The van der Waals surface area contributed by atoms with E-state index in [0.29, 0.717) is 17.9 Å². The first kappa shape index (κ1) is 12.5. The summed E-state index contributed by atoms with van der Waals surface area (Å²) in [5, 5.41) is 21.2. The van der Waals surface area contributed by atoms with Crippen LogP contribution in [0.3, 0.4) is 0 Å². The lowest BCUT2D eigenvalue weighted by atomic mass is 9.94. The molecule has 2 heterocycles. The van der Waals surface area contributed by atoms with Crippen LogP contribution in [0.2, 0.25) is 0 Å². The minimum atomic E-state index is 0.147. The molecule has 0 aliphatic heterocycles. The number of nitrogens with zero attached hydrogens (tertiary/aromatic N) is 5. The molecule has 2 aromatic rings. The van der Waals surface area contributed by atoms with Crippen LogP contribution in [-0.4, -0.2) is 33.6 Å². The Morgan fingerprint density at radius 3 is 2.90 bits per heavy atom. The second-order valence-corrected chi connectivity index (χ2v) is 4.94. The van der Waals surface area contributed by atoms with Crippen LogP contribution in [0.1, 0.15) is 40.3 Å². The van der Waals surface area contributed by atoms with Crippen LogP contribution >= 0.6 is 0 Å². The Hall–Kier alpha value is -2.49. The van der Waals surface area contributed by atoms with Gasteiger partial charge in [-0.3, -0.25) is 4.79 Å². The van der Waals surface area contributed by atoms with E-state index in [4.69, 9.17) is 5.26 Å². The molecule has 0 unspecified atom stereocenters. The second kappa shape index (κ2) is 4.56. The highest BCUT2D eigenvalue weighted by Crippen LogP contribution is 2.25. The Bertz CT molecular complexity index is 759. The van der Waals surface area contributed by atoms with Gasteiger partial charge in [0, 0.05) is 6.42 Å². The lowest BCUT2D eigenvalue weighted by Gasteiger charge is -2.12. The molecule has 20 heavy (non-hydrogen) atoms. The smallest absolute Gasteiger partial charge is 0.175 e. The lowest BCUT2D eigenvalue weighted by molar-refractivity contribution is 0.0971. The number of ketones is 1. The van der Waals surface area contributed by atoms with E-state index in [1.807, 2.05) is 20.8 Å². The summed E-state index contributed by atoms with van der Waals surface area (Å²) < 4.78 is 1.68. The number of carbonyl (C=O) groups is 1. The van der Waals surface area contributed by atoms with Gasteiger partial charge in [0.05, 0.1) is 17.0 Å². The zero-order valence-corrected chi connectivity index (χ0v) is 11.3. The summed E-state index contributed by atoms with van der Waals surface area (Å²) in [7, 11) is 1.81. The van der Waals surface area contributed by atoms with Gasteiger partial charge in [-0.2, -0.15) is 10.4 Å². The monoisotopic (exact) mass is 265 g/mol. The number of Topliss-reactive ketones (excluding diaryl/α,β-unsaturated/α-hetero) is 1. The van der Waals surface area contributed by atoms with Crippen LogP contribution in [0.5, 0.6) is 0 Å². The fourth-order valence-electron chi connectivity index (χ4n) is 2.58. The maximum Gasteiger partial charge on any atom is 0.175 e. The van der Waals surface area contributed by atoms with Gasteiger partial charge in [-0.05, 0) is 31.3 Å². The normalized spacial score (nSPS) is 13.9. The van der Waals surface area contributed by atoms with Gasteiger partial charge >= 0.3 is 0 Å². The topological polar surface area (TPSA) is 84.5 Å². The van der Waals surface area contributed by atoms with E-state index < -0.39 is 0 Å². The van der Waals surface area contributed by atoms with Crippen molar-refractivity contribution in [1.29, 1.82) is 5.26 Å². The molecule has 3 rings (SSSR count). The Kier molecular flexibility index (Phi) is 2.86. The summed E-state index contributed by atoms with van der Waals surface area (Å²) in [6, 6.07) is 3.77. The highest BCUT2D eigenvalue weighted by molar-refractivity contribution is 6.33. The summed E-state index contributed by atoms with van der Waals surface area (Å²) in [6.07, 6.45) is 2.22. The van der Waals surface area contributed by atoms with Gasteiger partial charge in [0.1, 0.15) is 13.9 Å². The summed E-state index contributed by atoms with van der Waals surface area (Å²) in [5.41, 5.74) is 3.41. The van der Waals surface area contributed by atoms with E-state index in [9.17, 15) is 4.79 Å². The highest BCUT2D eigenvalue weighted by atomic mass is 16.1. The molecule has 0 N–H and O–H groups in total. The highest BCUT2D eigenvalue weighted by Gasteiger charge is 2.26. The molecule has 0 saturated heterocycles.